The molecular weight excluding hydrogens is 593 g/mol. The second-order valence-corrected chi connectivity index (χ2v) is 18.6. The molecule has 1 amide bonds. The minimum Gasteiger partial charge on any atom is -0.497 e. The Kier molecular flexibility index (Phi) is 10.6. The number of ether oxygens (including phenoxy) is 2. The molecule has 11 heteroatoms. The van der Waals surface area contributed by atoms with Gasteiger partial charge in [0.2, 0.25) is 5.91 Å². The lowest BCUT2D eigenvalue weighted by Gasteiger charge is -2.49. The number of hydrogen-bond donors (Lipinski definition) is 1. The first-order valence-corrected chi connectivity index (χ1v) is 18.5. The largest absolute Gasteiger partial charge is 0.497 e. The first-order valence-electron chi connectivity index (χ1n) is 15.2. The van der Waals surface area contributed by atoms with Crippen molar-refractivity contribution in [3.8, 4) is 11.5 Å². The van der Waals surface area contributed by atoms with Gasteiger partial charge in [0, 0.05) is 30.8 Å². The van der Waals surface area contributed by atoms with Crippen LogP contribution in [0.15, 0.2) is 53.9 Å². The molecule has 238 valence electrons. The van der Waals surface area contributed by atoms with E-state index in [1.165, 1.54) is 11.8 Å². The van der Waals surface area contributed by atoms with E-state index >= 15 is 0 Å². The van der Waals surface area contributed by atoms with Gasteiger partial charge in [-0.05, 0) is 35.0 Å². The third kappa shape index (κ3) is 6.32. The topological polar surface area (TPSA) is 103 Å². The second kappa shape index (κ2) is 13.9. The molecule has 44 heavy (non-hydrogen) atoms. The molecule has 1 aromatic heterocycles. The fraction of sp³-hybridized carbons (Fsp3) is 0.515. The van der Waals surface area contributed by atoms with E-state index in [1.807, 2.05) is 35.4 Å². The predicted molar refractivity (Wildman–Crippen MR) is 178 cm³/mol. The Labute approximate surface area is 267 Å². The maximum atomic E-state index is 14.1. The lowest BCUT2D eigenvalue weighted by molar-refractivity contribution is -0.122. The quantitative estimate of drug-likeness (QED) is 0.153. The fourth-order valence-corrected chi connectivity index (χ4v) is 12.7. The molecule has 9 nitrogen and oxygen atoms in total. The number of Topliss-reactive ketones (excluding diaryl/α,β-unsaturated/α-hetero) is 1. The van der Waals surface area contributed by atoms with Gasteiger partial charge in [-0.15, -0.1) is 0 Å². The van der Waals surface area contributed by atoms with Crippen molar-refractivity contribution in [1.82, 2.24) is 15.3 Å². The van der Waals surface area contributed by atoms with E-state index in [2.05, 4.69) is 64.0 Å². The number of methoxy groups -OCH3 is 2. The zero-order valence-corrected chi connectivity index (χ0v) is 29.2. The van der Waals surface area contributed by atoms with Crippen LogP contribution in [-0.2, 0) is 15.8 Å². The minimum absolute atomic E-state index is 0.00883. The summed E-state index contributed by atoms with van der Waals surface area (Å²) in [5, 5.41) is 3.61. The van der Waals surface area contributed by atoms with Crippen LogP contribution in [0.1, 0.15) is 63.9 Å². The number of nitrogens with zero attached hydrogens (tertiary/aromatic N) is 3. The number of thioether (sulfide) groups is 1. The van der Waals surface area contributed by atoms with E-state index in [0.717, 1.165) is 5.56 Å². The molecule has 0 radical (unpaired) electrons. The first kappa shape index (κ1) is 33.7. The molecule has 1 aliphatic carbocycles. The lowest BCUT2D eigenvalue weighted by atomic mass is 9.89. The summed E-state index contributed by atoms with van der Waals surface area (Å²) in [6, 6.07) is 4.64. The summed E-state index contributed by atoms with van der Waals surface area (Å²) < 4.78 is 18.0. The summed E-state index contributed by atoms with van der Waals surface area (Å²) >= 11 is 1.39. The van der Waals surface area contributed by atoms with Crippen molar-refractivity contribution >= 4 is 37.6 Å². The highest BCUT2D eigenvalue weighted by Crippen LogP contribution is 2.45. The van der Waals surface area contributed by atoms with Crippen LogP contribution >= 0.6 is 11.8 Å². The Morgan fingerprint density at radius 1 is 1.09 bits per heavy atom. The van der Waals surface area contributed by atoms with Gasteiger partial charge < -0.3 is 24.1 Å². The van der Waals surface area contributed by atoms with Gasteiger partial charge in [0.25, 0.3) is 0 Å². The van der Waals surface area contributed by atoms with Crippen molar-refractivity contribution in [2.24, 2.45) is 0 Å². The highest BCUT2D eigenvalue weighted by molar-refractivity contribution is 7.98. The molecule has 2 aliphatic rings. The lowest BCUT2D eigenvalue weighted by Crippen LogP contribution is -2.63. The van der Waals surface area contributed by atoms with E-state index < -0.39 is 19.9 Å². The van der Waals surface area contributed by atoms with Crippen LogP contribution in [0.4, 0.5) is 5.82 Å². The van der Waals surface area contributed by atoms with Crippen molar-refractivity contribution in [1.29, 1.82) is 0 Å². The summed E-state index contributed by atoms with van der Waals surface area (Å²) in [5.41, 5.74) is 1.53. The van der Waals surface area contributed by atoms with Crippen LogP contribution in [0.2, 0.25) is 16.6 Å². The van der Waals surface area contributed by atoms with Crippen molar-refractivity contribution in [2.45, 2.75) is 87.9 Å². The number of hydrogen-bond acceptors (Lipinski definition) is 9. The molecule has 0 spiro atoms. The van der Waals surface area contributed by atoms with Gasteiger partial charge in [-0.3, -0.25) is 9.59 Å². The molecule has 0 bridgehead atoms. The molecule has 2 aromatic rings. The molecule has 0 saturated heterocycles. The van der Waals surface area contributed by atoms with Gasteiger partial charge in [-0.2, -0.15) is 0 Å². The van der Waals surface area contributed by atoms with Crippen molar-refractivity contribution in [3.63, 3.8) is 0 Å². The number of amides is 1. The number of ketones is 1. The van der Waals surface area contributed by atoms with Crippen LogP contribution < -0.4 is 19.7 Å². The molecule has 1 unspecified atom stereocenters. The molecule has 1 aliphatic heterocycles. The van der Waals surface area contributed by atoms with Crippen LogP contribution in [0, 0.1) is 0 Å². The summed E-state index contributed by atoms with van der Waals surface area (Å²) in [4.78, 5) is 38.9. The van der Waals surface area contributed by atoms with E-state index in [1.54, 1.807) is 26.5 Å². The summed E-state index contributed by atoms with van der Waals surface area (Å²) in [5.74, 6) is 1.27. The Balaban J connectivity index is 1.76. The first-order chi connectivity index (χ1) is 20.9. The number of nitrogens with one attached hydrogen (secondary N) is 1. The van der Waals surface area contributed by atoms with Gasteiger partial charge >= 0.3 is 0 Å². The standard InChI is InChI=1S/C33H46N4O5SSi/c1-21(2)44(22(3)4,23(5)6)42-20-33(14-10-11-15-33)37-27(17-28(38)26-19-35-32(43-9)36-30(26)37)31(39)34-18-24-12-13-25(40-7)16-29(24)41-8/h10-16,19,21-23,27H,17-18,20H2,1-9H3,(H,34,39). The van der Waals surface area contributed by atoms with Crippen LogP contribution in [0.5, 0.6) is 11.5 Å². The summed E-state index contributed by atoms with van der Waals surface area (Å²) in [7, 11) is 0.897. The Hall–Kier alpha value is -3.15. The SMILES string of the molecule is COc1ccc(CNC(=O)C2CC(=O)c3cnc(SC)nc3N2C2(CO[Si](C(C)C)(C(C)C)C(C)C)C=CC=C2)c(OC)c1. The maximum absolute atomic E-state index is 14.1. The molecule has 1 atom stereocenters. The molecule has 0 saturated carbocycles. The van der Waals surface area contributed by atoms with Gasteiger partial charge in [0.15, 0.2) is 19.3 Å². The van der Waals surface area contributed by atoms with E-state index in [-0.39, 0.29) is 24.7 Å². The smallest absolute Gasteiger partial charge is 0.243 e. The van der Waals surface area contributed by atoms with Crippen LogP contribution in [0.25, 0.3) is 0 Å². The van der Waals surface area contributed by atoms with Crippen molar-refractivity contribution in [3.05, 3.63) is 59.8 Å². The van der Waals surface area contributed by atoms with Crippen LogP contribution in [0.3, 0.4) is 0 Å². The average Bonchev–Trinajstić information content (AvgIpc) is 3.48. The highest BCUT2D eigenvalue weighted by Gasteiger charge is 2.51. The van der Waals surface area contributed by atoms with E-state index in [4.69, 9.17) is 18.9 Å². The third-order valence-electron chi connectivity index (χ3n) is 8.99. The van der Waals surface area contributed by atoms with Crippen molar-refractivity contribution in [2.75, 3.05) is 32.0 Å². The Morgan fingerprint density at radius 3 is 2.32 bits per heavy atom. The van der Waals surface area contributed by atoms with Crippen molar-refractivity contribution < 1.29 is 23.5 Å². The van der Waals surface area contributed by atoms with Gasteiger partial charge in [0.05, 0.1) is 26.4 Å². The molecule has 1 N–H and O–H groups in total. The number of carbonyl (C=O) groups excluding carboxylic acids is 2. The number of anilines is 1. The zero-order valence-electron chi connectivity index (χ0n) is 27.3. The second-order valence-electron chi connectivity index (χ2n) is 12.3. The highest BCUT2D eigenvalue weighted by atomic mass is 32.2. The summed E-state index contributed by atoms with van der Waals surface area (Å²) in [6.45, 7) is 14.1. The number of allylic oxidation sites excluding steroid dienone is 2. The van der Waals surface area contributed by atoms with E-state index in [0.29, 0.717) is 51.3 Å². The minimum atomic E-state index is -2.28. The number of carbonyl (C=O) groups is 2. The fourth-order valence-electron chi connectivity index (χ4n) is 6.92. The number of rotatable bonds is 13. The van der Waals surface area contributed by atoms with Gasteiger partial charge in [-0.25, -0.2) is 9.97 Å². The third-order valence-corrected chi connectivity index (χ3v) is 15.6. The Bertz CT molecular complexity index is 1390. The van der Waals surface area contributed by atoms with E-state index in [9.17, 15) is 9.59 Å². The molecule has 1 aromatic carbocycles. The molecular formula is C33H46N4O5SSi. The average molecular weight is 639 g/mol. The number of fused-ring (bicyclic) bond motifs is 1. The van der Waals surface area contributed by atoms with Gasteiger partial charge in [-0.1, -0.05) is 77.6 Å². The maximum Gasteiger partial charge on any atom is 0.243 e. The zero-order chi connectivity index (χ0) is 32.2. The van der Waals surface area contributed by atoms with Crippen LogP contribution in [-0.4, -0.2) is 68.6 Å². The normalized spacial score (nSPS) is 17.5. The monoisotopic (exact) mass is 638 g/mol. The predicted octanol–water partition coefficient (Wildman–Crippen LogP) is 6.35. The molecule has 2 heterocycles. The number of benzene rings is 1. The molecule has 0 fully saturated rings. The summed E-state index contributed by atoms with van der Waals surface area (Å²) in [6.07, 6.45) is 11.6. The Morgan fingerprint density at radius 2 is 1.75 bits per heavy atom. The molecule has 4 rings (SSSR count). The van der Waals surface area contributed by atoms with Gasteiger partial charge in [0.1, 0.15) is 28.9 Å². The number of aromatic nitrogens is 2.